The van der Waals surface area contributed by atoms with E-state index < -0.39 is 5.82 Å². The highest BCUT2D eigenvalue weighted by Gasteiger charge is 2.28. The Balaban J connectivity index is 1.40. The molecule has 0 bridgehead atoms. The molecule has 3 nitrogen and oxygen atoms in total. The second kappa shape index (κ2) is 9.35. The minimum atomic E-state index is -0.649. The maximum Gasteiger partial charge on any atom is 0.314 e. The molecule has 2 aliphatic rings. The lowest BCUT2D eigenvalue weighted by Gasteiger charge is -2.30. The van der Waals surface area contributed by atoms with Crippen LogP contribution >= 0.6 is 0 Å². The SMILES string of the molecule is CC1CCC(CCC2CCC(C(=O)Oc3ccc(C#N)c(F)c3)CC2)CC1. The number of rotatable bonds is 5. The van der Waals surface area contributed by atoms with Crippen LogP contribution in [0.3, 0.4) is 0 Å². The van der Waals surface area contributed by atoms with Crippen LogP contribution in [0.1, 0.15) is 76.7 Å². The summed E-state index contributed by atoms with van der Waals surface area (Å²) >= 11 is 0. The van der Waals surface area contributed by atoms with E-state index in [2.05, 4.69) is 6.92 Å². The summed E-state index contributed by atoms with van der Waals surface area (Å²) in [7, 11) is 0. The predicted octanol–water partition coefficient (Wildman–Crippen LogP) is 6.02. The van der Waals surface area contributed by atoms with E-state index in [0.29, 0.717) is 0 Å². The average molecular weight is 371 g/mol. The fraction of sp³-hybridized carbons (Fsp3) is 0.652. The maximum absolute atomic E-state index is 13.6. The van der Waals surface area contributed by atoms with Gasteiger partial charge in [-0.2, -0.15) is 5.26 Å². The van der Waals surface area contributed by atoms with E-state index in [1.54, 1.807) is 6.07 Å². The van der Waals surface area contributed by atoms with E-state index in [9.17, 15) is 9.18 Å². The van der Waals surface area contributed by atoms with Crippen molar-refractivity contribution in [2.24, 2.45) is 23.7 Å². The third-order valence-corrected chi connectivity index (χ3v) is 6.58. The fourth-order valence-electron chi connectivity index (χ4n) is 4.63. The molecule has 0 saturated heterocycles. The Hall–Kier alpha value is -1.89. The highest BCUT2D eigenvalue weighted by Crippen LogP contribution is 2.36. The first-order valence-corrected chi connectivity index (χ1v) is 10.5. The predicted molar refractivity (Wildman–Crippen MR) is 103 cm³/mol. The molecule has 0 unspecified atom stereocenters. The first kappa shape index (κ1) is 19.9. The van der Waals surface area contributed by atoms with Crippen LogP contribution in [0.2, 0.25) is 0 Å². The number of carbonyl (C=O) groups excluding carboxylic acids is 1. The summed E-state index contributed by atoms with van der Waals surface area (Å²) in [5, 5.41) is 8.76. The van der Waals surface area contributed by atoms with Gasteiger partial charge in [0.2, 0.25) is 0 Å². The zero-order chi connectivity index (χ0) is 19.2. The molecule has 2 aliphatic carbocycles. The molecule has 0 aromatic heterocycles. The van der Waals surface area contributed by atoms with Gasteiger partial charge in [-0.25, -0.2) is 4.39 Å². The van der Waals surface area contributed by atoms with E-state index in [1.165, 1.54) is 50.7 Å². The van der Waals surface area contributed by atoms with Crippen molar-refractivity contribution in [1.29, 1.82) is 5.26 Å². The molecule has 2 fully saturated rings. The van der Waals surface area contributed by atoms with Gasteiger partial charge in [0.15, 0.2) is 0 Å². The number of esters is 1. The summed E-state index contributed by atoms with van der Waals surface area (Å²) < 4.78 is 19.0. The number of carbonyl (C=O) groups is 1. The summed E-state index contributed by atoms with van der Waals surface area (Å²) in [6.45, 7) is 2.36. The number of benzene rings is 1. The second-order valence-corrected chi connectivity index (χ2v) is 8.60. The zero-order valence-electron chi connectivity index (χ0n) is 16.3. The summed E-state index contributed by atoms with van der Waals surface area (Å²) in [5.74, 6) is 1.74. The first-order chi connectivity index (χ1) is 13.0. The van der Waals surface area contributed by atoms with Gasteiger partial charge in [0, 0.05) is 6.07 Å². The summed E-state index contributed by atoms with van der Waals surface area (Å²) in [6, 6.07) is 5.71. The Morgan fingerprint density at radius 2 is 1.67 bits per heavy atom. The molecule has 1 aromatic carbocycles. The van der Waals surface area contributed by atoms with Crippen LogP contribution in [-0.4, -0.2) is 5.97 Å². The molecule has 0 atom stereocenters. The lowest BCUT2D eigenvalue weighted by atomic mass is 9.76. The topological polar surface area (TPSA) is 50.1 Å². The third-order valence-electron chi connectivity index (χ3n) is 6.58. The molecule has 0 radical (unpaired) electrons. The number of hydrogen-bond donors (Lipinski definition) is 0. The molecule has 3 rings (SSSR count). The van der Waals surface area contributed by atoms with Crippen molar-refractivity contribution in [1.82, 2.24) is 0 Å². The highest BCUT2D eigenvalue weighted by atomic mass is 19.1. The Morgan fingerprint density at radius 3 is 2.22 bits per heavy atom. The van der Waals surface area contributed by atoms with Crippen molar-refractivity contribution in [3.63, 3.8) is 0 Å². The van der Waals surface area contributed by atoms with Crippen molar-refractivity contribution < 1.29 is 13.9 Å². The number of halogens is 1. The molecule has 2 saturated carbocycles. The third kappa shape index (κ3) is 5.54. The van der Waals surface area contributed by atoms with Crippen LogP contribution in [0.15, 0.2) is 18.2 Å². The van der Waals surface area contributed by atoms with Crippen LogP contribution in [0.25, 0.3) is 0 Å². The summed E-state index contributed by atoms with van der Waals surface area (Å²) in [6.07, 6.45) is 12.1. The van der Waals surface area contributed by atoms with Crippen molar-refractivity contribution in [3.05, 3.63) is 29.6 Å². The van der Waals surface area contributed by atoms with Crippen molar-refractivity contribution in [2.45, 2.75) is 71.1 Å². The van der Waals surface area contributed by atoms with E-state index >= 15 is 0 Å². The summed E-state index contributed by atoms with van der Waals surface area (Å²) in [5.41, 5.74) is -0.0391. The van der Waals surface area contributed by atoms with Crippen LogP contribution in [-0.2, 0) is 4.79 Å². The average Bonchev–Trinajstić information content (AvgIpc) is 2.68. The van der Waals surface area contributed by atoms with Gasteiger partial charge in [-0.15, -0.1) is 0 Å². The van der Waals surface area contributed by atoms with Crippen LogP contribution in [0.4, 0.5) is 4.39 Å². The Kier molecular flexibility index (Phi) is 6.88. The molecule has 146 valence electrons. The monoisotopic (exact) mass is 371 g/mol. The second-order valence-electron chi connectivity index (χ2n) is 8.60. The molecule has 4 heteroatoms. The normalized spacial score (nSPS) is 28.3. The molecular formula is C23H30FNO2. The van der Waals surface area contributed by atoms with Crippen molar-refractivity contribution in [3.8, 4) is 11.8 Å². The largest absolute Gasteiger partial charge is 0.426 e. The summed E-state index contributed by atoms with van der Waals surface area (Å²) in [4.78, 5) is 12.4. The van der Waals surface area contributed by atoms with E-state index in [-0.39, 0.29) is 23.2 Å². The lowest BCUT2D eigenvalue weighted by molar-refractivity contribution is -0.140. The Bertz CT molecular complexity index is 680. The van der Waals surface area contributed by atoms with Gasteiger partial charge in [0.25, 0.3) is 0 Å². The van der Waals surface area contributed by atoms with Crippen LogP contribution in [0.5, 0.6) is 5.75 Å². The maximum atomic E-state index is 13.6. The molecule has 0 amide bonds. The van der Waals surface area contributed by atoms with Gasteiger partial charge in [-0.3, -0.25) is 4.79 Å². The van der Waals surface area contributed by atoms with Gasteiger partial charge >= 0.3 is 5.97 Å². The van der Waals surface area contributed by atoms with Gasteiger partial charge in [0.05, 0.1) is 11.5 Å². The minimum absolute atomic E-state index is 0.0391. The number of nitrogens with zero attached hydrogens (tertiary/aromatic N) is 1. The molecule has 1 aromatic rings. The molecular weight excluding hydrogens is 341 g/mol. The number of hydrogen-bond acceptors (Lipinski definition) is 3. The smallest absolute Gasteiger partial charge is 0.314 e. The van der Waals surface area contributed by atoms with Crippen LogP contribution in [0, 0.1) is 40.8 Å². The molecule has 0 spiro atoms. The Labute approximate surface area is 161 Å². The number of ether oxygens (including phenoxy) is 1. The number of nitriles is 1. The standard InChI is InChI=1S/C23H30FNO2/c1-16-2-4-17(5-3-16)6-7-18-8-10-19(11-9-18)23(26)27-21-13-12-20(15-25)22(24)14-21/h12-14,16-19H,2-11H2,1H3. The van der Waals surface area contributed by atoms with Gasteiger partial charge in [-0.1, -0.05) is 45.4 Å². The first-order valence-electron chi connectivity index (χ1n) is 10.5. The fourth-order valence-corrected chi connectivity index (χ4v) is 4.63. The quantitative estimate of drug-likeness (QED) is 0.470. The van der Waals surface area contributed by atoms with E-state index in [1.807, 2.05) is 0 Å². The van der Waals surface area contributed by atoms with Gasteiger partial charge in [0.1, 0.15) is 17.6 Å². The minimum Gasteiger partial charge on any atom is -0.426 e. The van der Waals surface area contributed by atoms with Crippen molar-refractivity contribution >= 4 is 5.97 Å². The molecule has 0 N–H and O–H groups in total. The van der Waals surface area contributed by atoms with E-state index in [4.69, 9.17) is 10.00 Å². The molecule has 27 heavy (non-hydrogen) atoms. The Morgan fingerprint density at radius 1 is 1.07 bits per heavy atom. The highest BCUT2D eigenvalue weighted by molar-refractivity contribution is 5.75. The van der Waals surface area contributed by atoms with Crippen molar-refractivity contribution in [2.75, 3.05) is 0 Å². The molecule has 0 heterocycles. The van der Waals surface area contributed by atoms with Crippen LogP contribution < -0.4 is 4.74 Å². The molecule has 0 aliphatic heterocycles. The van der Waals surface area contributed by atoms with E-state index in [0.717, 1.165) is 49.5 Å². The zero-order valence-corrected chi connectivity index (χ0v) is 16.3. The van der Waals surface area contributed by atoms with Gasteiger partial charge < -0.3 is 4.74 Å². The lowest BCUT2D eigenvalue weighted by Crippen LogP contribution is -2.26. The van der Waals surface area contributed by atoms with Gasteiger partial charge in [-0.05, 0) is 55.6 Å².